The summed E-state index contributed by atoms with van der Waals surface area (Å²) >= 11 is 0. The number of anilines is 2. The van der Waals surface area contributed by atoms with Crippen molar-refractivity contribution in [2.24, 2.45) is 11.3 Å². The molecule has 1 saturated heterocycles. The van der Waals surface area contributed by atoms with E-state index < -0.39 is 0 Å². The van der Waals surface area contributed by atoms with E-state index in [1.54, 1.807) is 0 Å². The van der Waals surface area contributed by atoms with Gasteiger partial charge in [0.2, 0.25) is 5.91 Å². The molecule has 0 aromatic heterocycles. The summed E-state index contributed by atoms with van der Waals surface area (Å²) in [6.07, 6.45) is 0.564. The minimum atomic E-state index is 0.102. The number of carbonyl (C=O) groups is 1. The molecule has 4 nitrogen and oxygen atoms in total. The lowest BCUT2D eigenvalue weighted by Gasteiger charge is -2.29. The van der Waals surface area contributed by atoms with Gasteiger partial charge < -0.3 is 15.0 Å². The van der Waals surface area contributed by atoms with Crippen molar-refractivity contribution in [1.29, 1.82) is 0 Å². The summed E-state index contributed by atoms with van der Waals surface area (Å²) in [5, 5.41) is 3.11. The molecule has 2 aromatic carbocycles. The Hall–Kier alpha value is -2.33. The van der Waals surface area contributed by atoms with Crippen LogP contribution in [0.2, 0.25) is 0 Å². The monoisotopic (exact) mass is 364 g/mol. The number of nitrogens with zero attached hydrogens (tertiary/aromatic N) is 1. The SMILES string of the molecule is CC1(C)C(CC(=O)Nc2cccc(N3CCOCC3)c2)C1c1ccccc1. The quantitative estimate of drug-likeness (QED) is 0.860. The van der Waals surface area contributed by atoms with Crippen LogP contribution in [-0.4, -0.2) is 32.2 Å². The maximum Gasteiger partial charge on any atom is 0.224 e. The first kappa shape index (κ1) is 18.1. The van der Waals surface area contributed by atoms with E-state index in [2.05, 4.69) is 60.5 Å². The fraction of sp³-hybridized carbons (Fsp3) is 0.435. The van der Waals surface area contributed by atoms with Crippen LogP contribution >= 0.6 is 0 Å². The number of morpholine rings is 1. The van der Waals surface area contributed by atoms with E-state index in [9.17, 15) is 4.79 Å². The van der Waals surface area contributed by atoms with Crippen LogP contribution in [0.5, 0.6) is 0 Å². The largest absolute Gasteiger partial charge is 0.378 e. The van der Waals surface area contributed by atoms with Gasteiger partial charge in [0.1, 0.15) is 0 Å². The molecule has 4 heteroatoms. The topological polar surface area (TPSA) is 41.6 Å². The van der Waals surface area contributed by atoms with Crippen molar-refractivity contribution in [3.05, 3.63) is 60.2 Å². The summed E-state index contributed by atoms with van der Waals surface area (Å²) < 4.78 is 5.42. The predicted molar refractivity (Wildman–Crippen MR) is 109 cm³/mol. The second kappa shape index (κ2) is 7.35. The Kier molecular flexibility index (Phi) is 4.92. The zero-order valence-electron chi connectivity index (χ0n) is 16.2. The van der Waals surface area contributed by atoms with E-state index in [0.717, 1.165) is 37.7 Å². The van der Waals surface area contributed by atoms with E-state index in [-0.39, 0.29) is 11.3 Å². The van der Waals surface area contributed by atoms with Crippen molar-refractivity contribution in [3.8, 4) is 0 Å². The Labute approximate surface area is 161 Å². The third kappa shape index (κ3) is 3.86. The number of hydrogen-bond donors (Lipinski definition) is 1. The first-order chi connectivity index (χ1) is 13.1. The Morgan fingerprint density at radius 2 is 1.85 bits per heavy atom. The first-order valence-electron chi connectivity index (χ1n) is 9.83. The third-order valence-corrected chi connectivity index (χ3v) is 6.12. The van der Waals surface area contributed by atoms with Gasteiger partial charge in [-0.3, -0.25) is 4.79 Å². The van der Waals surface area contributed by atoms with Gasteiger partial charge in [-0.1, -0.05) is 50.2 Å². The molecule has 142 valence electrons. The molecule has 1 aliphatic carbocycles. The fourth-order valence-corrected chi connectivity index (χ4v) is 4.46. The van der Waals surface area contributed by atoms with Crippen molar-refractivity contribution in [3.63, 3.8) is 0 Å². The summed E-state index contributed by atoms with van der Waals surface area (Å²) in [4.78, 5) is 15.0. The Balaban J connectivity index is 1.38. The minimum absolute atomic E-state index is 0.102. The highest BCUT2D eigenvalue weighted by Gasteiger charge is 2.58. The van der Waals surface area contributed by atoms with E-state index in [4.69, 9.17) is 4.74 Å². The van der Waals surface area contributed by atoms with Crippen molar-refractivity contribution >= 4 is 17.3 Å². The number of rotatable bonds is 5. The highest BCUT2D eigenvalue weighted by Crippen LogP contribution is 2.65. The Morgan fingerprint density at radius 1 is 1.11 bits per heavy atom. The van der Waals surface area contributed by atoms with Crippen LogP contribution in [-0.2, 0) is 9.53 Å². The number of nitrogens with one attached hydrogen (secondary N) is 1. The molecule has 27 heavy (non-hydrogen) atoms. The lowest BCUT2D eigenvalue weighted by atomic mass is 10.0. The van der Waals surface area contributed by atoms with Gasteiger partial charge in [0.25, 0.3) is 0 Å². The van der Waals surface area contributed by atoms with Crippen molar-refractivity contribution in [2.45, 2.75) is 26.2 Å². The normalized spacial score (nSPS) is 23.7. The lowest BCUT2D eigenvalue weighted by Crippen LogP contribution is -2.36. The van der Waals surface area contributed by atoms with Crippen molar-refractivity contribution in [2.75, 3.05) is 36.5 Å². The van der Waals surface area contributed by atoms with Crippen LogP contribution in [0, 0.1) is 11.3 Å². The van der Waals surface area contributed by atoms with E-state index in [1.165, 1.54) is 5.56 Å². The predicted octanol–water partition coefficient (Wildman–Crippen LogP) is 4.29. The molecule has 1 amide bonds. The molecule has 1 heterocycles. The Morgan fingerprint density at radius 3 is 2.59 bits per heavy atom. The standard InChI is InChI=1S/C23H28N2O2/c1-23(2)20(22(23)17-7-4-3-5-8-17)16-21(26)24-18-9-6-10-19(15-18)25-11-13-27-14-12-25/h3-10,15,20,22H,11-14,16H2,1-2H3,(H,24,26). The highest BCUT2D eigenvalue weighted by molar-refractivity contribution is 5.91. The van der Waals surface area contributed by atoms with Crippen LogP contribution in [0.4, 0.5) is 11.4 Å². The van der Waals surface area contributed by atoms with Crippen LogP contribution in [0.25, 0.3) is 0 Å². The molecule has 0 radical (unpaired) electrons. The average molecular weight is 364 g/mol. The molecular weight excluding hydrogens is 336 g/mol. The smallest absolute Gasteiger partial charge is 0.224 e. The summed E-state index contributed by atoms with van der Waals surface area (Å²) in [5.41, 5.74) is 3.53. The van der Waals surface area contributed by atoms with Gasteiger partial charge in [0, 0.05) is 30.9 Å². The van der Waals surface area contributed by atoms with Gasteiger partial charge in [-0.2, -0.15) is 0 Å². The second-order valence-electron chi connectivity index (χ2n) is 8.22. The first-order valence-corrected chi connectivity index (χ1v) is 9.83. The van der Waals surface area contributed by atoms with Crippen molar-refractivity contribution in [1.82, 2.24) is 0 Å². The van der Waals surface area contributed by atoms with Crippen LogP contribution in [0.3, 0.4) is 0 Å². The lowest BCUT2D eigenvalue weighted by molar-refractivity contribution is -0.116. The molecule has 1 saturated carbocycles. The Bertz CT molecular complexity index is 797. The van der Waals surface area contributed by atoms with E-state index in [1.807, 2.05) is 18.2 Å². The molecule has 1 N–H and O–H groups in total. The van der Waals surface area contributed by atoms with Gasteiger partial charge in [-0.25, -0.2) is 0 Å². The van der Waals surface area contributed by atoms with Crippen LogP contribution in [0.1, 0.15) is 31.7 Å². The maximum atomic E-state index is 12.7. The second-order valence-corrected chi connectivity index (χ2v) is 8.22. The molecule has 1 aliphatic heterocycles. The number of hydrogen-bond acceptors (Lipinski definition) is 3. The molecule has 0 bridgehead atoms. The van der Waals surface area contributed by atoms with Gasteiger partial charge in [-0.05, 0) is 41.0 Å². The minimum Gasteiger partial charge on any atom is -0.378 e. The van der Waals surface area contributed by atoms with Gasteiger partial charge in [0.05, 0.1) is 13.2 Å². The van der Waals surface area contributed by atoms with E-state index >= 15 is 0 Å². The summed E-state index contributed by atoms with van der Waals surface area (Å²) in [6, 6.07) is 18.7. The van der Waals surface area contributed by atoms with Gasteiger partial charge in [0.15, 0.2) is 0 Å². The molecule has 2 aliphatic rings. The summed E-state index contributed by atoms with van der Waals surface area (Å²) in [7, 11) is 0. The number of ether oxygens (including phenoxy) is 1. The number of benzene rings is 2. The third-order valence-electron chi connectivity index (χ3n) is 6.12. The zero-order valence-corrected chi connectivity index (χ0v) is 16.2. The van der Waals surface area contributed by atoms with Crippen LogP contribution in [0.15, 0.2) is 54.6 Å². The fourth-order valence-electron chi connectivity index (χ4n) is 4.46. The summed E-state index contributed by atoms with van der Waals surface area (Å²) in [6.45, 7) is 7.84. The molecule has 0 spiro atoms. The average Bonchev–Trinajstić information content (AvgIpc) is 3.23. The highest BCUT2D eigenvalue weighted by atomic mass is 16.5. The number of carbonyl (C=O) groups excluding carboxylic acids is 1. The van der Waals surface area contributed by atoms with Gasteiger partial charge in [-0.15, -0.1) is 0 Å². The summed E-state index contributed by atoms with van der Waals surface area (Å²) in [5.74, 6) is 0.956. The maximum absolute atomic E-state index is 12.7. The van der Waals surface area contributed by atoms with Gasteiger partial charge >= 0.3 is 0 Å². The number of amides is 1. The van der Waals surface area contributed by atoms with Crippen molar-refractivity contribution < 1.29 is 9.53 Å². The molecule has 2 fully saturated rings. The molecule has 2 aromatic rings. The van der Waals surface area contributed by atoms with Crippen LogP contribution < -0.4 is 10.2 Å². The molecular formula is C23H28N2O2. The molecule has 2 unspecified atom stereocenters. The molecule has 4 rings (SSSR count). The van der Waals surface area contributed by atoms with E-state index in [0.29, 0.717) is 18.3 Å². The molecule has 2 atom stereocenters. The zero-order chi connectivity index (χ0) is 18.9.